The molecule has 0 spiro atoms. The number of nitrogens with one attached hydrogen (secondary N) is 1. The van der Waals surface area contributed by atoms with Crippen molar-refractivity contribution in [1.29, 1.82) is 0 Å². The molecule has 1 aliphatic rings. The summed E-state index contributed by atoms with van der Waals surface area (Å²) < 4.78 is 66.4. The van der Waals surface area contributed by atoms with Gasteiger partial charge in [-0.1, -0.05) is 11.6 Å². The summed E-state index contributed by atoms with van der Waals surface area (Å²) in [6.07, 6.45) is -4.72. The number of rotatable bonds is 3. The van der Waals surface area contributed by atoms with Gasteiger partial charge in [-0.15, -0.1) is 11.8 Å². The second-order valence-electron chi connectivity index (χ2n) is 5.95. The Hall–Kier alpha value is -1.91. The lowest BCUT2D eigenvalue weighted by molar-refractivity contribution is -0.137. The van der Waals surface area contributed by atoms with Crippen LogP contribution in [0, 0.1) is 0 Å². The van der Waals surface area contributed by atoms with Crippen molar-refractivity contribution in [3.8, 4) is 0 Å². The summed E-state index contributed by atoms with van der Waals surface area (Å²) in [7, 11) is -4.18. The molecule has 1 aliphatic heterocycles. The van der Waals surface area contributed by atoms with E-state index in [4.69, 9.17) is 11.6 Å². The number of hydrogen-bond acceptors (Lipinski definition) is 4. The maximum atomic E-state index is 13.0. The maximum Gasteiger partial charge on any atom is 0.417 e. The number of sulfonamides is 1. The summed E-state index contributed by atoms with van der Waals surface area (Å²) in [5.41, 5.74) is -0.954. The molecule has 5 nitrogen and oxygen atoms in total. The van der Waals surface area contributed by atoms with Crippen molar-refractivity contribution >= 4 is 50.7 Å². The van der Waals surface area contributed by atoms with Crippen LogP contribution in [-0.2, 0) is 21.0 Å². The molecule has 3 rings (SSSR count). The number of fused-ring (bicyclic) bond motifs is 1. The van der Waals surface area contributed by atoms with Crippen molar-refractivity contribution < 1.29 is 26.4 Å². The van der Waals surface area contributed by atoms with E-state index in [1.54, 1.807) is 6.07 Å². The number of alkyl halides is 3. The van der Waals surface area contributed by atoms with Crippen LogP contribution >= 0.6 is 23.4 Å². The lowest BCUT2D eigenvalue weighted by Gasteiger charge is -2.28. The highest BCUT2D eigenvalue weighted by Crippen LogP contribution is 2.38. The fourth-order valence-electron chi connectivity index (χ4n) is 2.71. The van der Waals surface area contributed by atoms with Crippen molar-refractivity contribution in [3.05, 3.63) is 47.0 Å². The molecule has 0 aromatic heterocycles. The van der Waals surface area contributed by atoms with Crippen LogP contribution in [0.25, 0.3) is 0 Å². The first-order valence-electron chi connectivity index (χ1n) is 7.93. The number of carbonyl (C=O) groups is 1. The highest BCUT2D eigenvalue weighted by molar-refractivity contribution is 7.99. The van der Waals surface area contributed by atoms with Gasteiger partial charge in [0.05, 0.1) is 21.2 Å². The molecule has 28 heavy (non-hydrogen) atoms. The Labute approximate surface area is 168 Å². The van der Waals surface area contributed by atoms with Gasteiger partial charge in [-0.2, -0.15) is 13.2 Å². The second-order valence-corrected chi connectivity index (χ2v) is 9.17. The minimum atomic E-state index is -4.72. The Kier molecular flexibility index (Phi) is 5.57. The predicted octanol–water partition coefficient (Wildman–Crippen LogP) is 4.62. The van der Waals surface area contributed by atoms with E-state index in [9.17, 15) is 26.4 Å². The molecule has 11 heteroatoms. The van der Waals surface area contributed by atoms with Gasteiger partial charge in [0.25, 0.3) is 10.0 Å². The average Bonchev–Trinajstić information content (AvgIpc) is 2.61. The van der Waals surface area contributed by atoms with Gasteiger partial charge >= 0.3 is 6.18 Å². The lowest BCUT2D eigenvalue weighted by Crippen LogP contribution is -2.33. The Morgan fingerprint density at radius 3 is 2.57 bits per heavy atom. The summed E-state index contributed by atoms with van der Waals surface area (Å²) in [6.45, 7) is 1.82. The smallest absolute Gasteiger partial charge is 0.311 e. The Morgan fingerprint density at radius 2 is 1.93 bits per heavy atom. The van der Waals surface area contributed by atoms with E-state index in [1.165, 1.54) is 35.7 Å². The highest BCUT2D eigenvalue weighted by Gasteiger charge is 2.34. The summed E-state index contributed by atoms with van der Waals surface area (Å²) in [6, 6.07) is 7.02. The van der Waals surface area contributed by atoms with E-state index in [1.807, 2.05) is 0 Å². The van der Waals surface area contributed by atoms with Gasteiger partial charge in [-0.05, 0) is 36.4 Å². The van der Waals surface area contributed by atoms with Crippen molar-refractivity contribution in [1.82, 2.24) is 0 Å². The number of carbonyl (C=O) groups excluding carboxylic acids is 1. The van der Waals surface area contributed by atoms with Crippen molar-refractivity contribution in [3.63, 3.8) is 0 Å². The normalized spacial score (nSPS) is 14.5. The maximum absolute atomic E-state index is 13.0. The molecule has 0 bridgehead atoms. The van der Waals surface area contributed by atoms with Crippen LogP contribution < -0.4 is 9.62 Å². The zero-order valence-electron chi connectivity index (χ0n) is 14.4. The summed E-state index contributed by atoms with van der Waals surface area (Å²) >= 11 is 7.05. The number of halogens is 4. The molecule has 0 atom stereocenters. The molecular formula is C17H14ClF3N2O3S2. The monoisotopic (exact) mass is 450 g/mol. The van der Waals surface area contributed by atoms with Crippen LogP contribution in [0.15, 0.2) is 46.2 Å². The second kappa shape index (κ2) is 7.49. The van der Waals surface area contributed by atoms with Crippen LogP contribution in [0.2, 0.25) is 5.02 Å². The van der Waals surface area contributed by atoms with Gasteiger partial charge in [0.1, 0.15) is 0 Å². The molecule has 0 radical (unpaired) electrons. The molecule has 2 aromatic carbocycles. The first kappa shape index (κ1) is 20.8. The highest BCUT2D eigenvalue weighted by atomic mass is 35.5. The molecular weight excluding hydrogens is 437 g/mol. The summed E-state index contributed by atoms with van der Waals surface area (Å²) in [5.74, 6) is 0.457. The average molecular weight is 451 g/mol. The molecule has 0 unspecified atom stereocenters. The first-order chi connectivity index (χ1) is 13.0. The van der Waals surface area contributed by atoms with Gasteiger partial charge in [0, 0.05) is 29.8 Å². The molecule has 0 aliphatic carbocycles. The van der Waals surface area contributed by atoms with Gasteiger partial charge in [0.15, 0.2) is 0 Å². The van der Waals surface area contributed by atoms with Crippen LogP contribution in [-0.4, -0.2) is 26.6 Å². The summed E-state index contributed by atoms with van der Waals surface area (Å²) in [4.78, 5) is 13.9. The van der Waals surface area contributed by atoms with Crippen LogP contribution in [0.3, 0.4) is 0 Å². The van der Waals surface area contributed by atoms with Crippen LogP contribution in [0.1, 0.15) is 12.5 Å². The summed E-state index contributed by atoms with van der Waals surface area (Å²) in [5, 5.41) is -0.529. The zero-order valence-corrected chi connectivity index (χ0v) is 16.8. The van der Waals surface area contributed by atoms with Gasteiger partial charge in [0.2, 0.25) is 5.91 Å². The van der Waals surface area contributed by atoms with E-state index in [-0.39, 0.29) is 16.5 Å². The van der Waals surface area contributed by atoms with Gasteiger partial charge < -0.3 is 4.90 Å². The van der Waals surface area contributed by atoms with E-state index >= 15 is 0 Å². The number of nitrogens with zero attached hydrogens (tertiary/aromatic N) is 1. The number of benzene rings is 2. The number of anilines is 2. The van der Waals surface area contributed by atoms with Crippen LogP contribution in [0.4, 0.5) is 24.5 Å². The van der Waals surface area contributed by atoms with Crippen molar-refractivity contribution in [2.45, 2.75) is 22.9 Å². The Balaban J connectivity index is 1.97. The third-order valence-electron chi connectivity index (χ3n) is 4.01. The number of hydrogen-bond donors (Lipinski definition) is 1. The Bertz CT molecular complexity index is 1040. The van der Waals surface area contributed by atoms with Gasteiger partial charge in [-0.25, -0.2) is 8.42 Å². The molecule has 1 N–H and O–H groups in total. The first-order valence-corrected chi connectivity index (χ1v) is 10.8. The van der Waals surface area contributed by atoms with Gasteiger partial charge in [-0.3, -0.25) is 9.52 Å². The minimum Gasteiger partial charge on any atom is -0.311 e. The molecule has 0 saturated carbocycles. The largest absolute Gasteiger partial charge is 0.417 e. The predicted molar refractivity (Wildman–Crippen MR) is 102 cm³/mol. The molecule has 0 fully saturated rings. The van der Waals surface area contributed by atoms with E-state index in [2.05, 4.69) is 4.72 Å². The number of amides is 1. The van der Waals surface area contributed by atoms with E-state index < -0.39 is 26.8 Å². The molecule has 0 saturated heterocycles. The quantitative estimate of drug-likeness (QED) is 0.741. The third kappa shape index (κ3) is 4.23. The minimum absolute atomic E-state index is 0.163. The van der Waals surface area contributed by atoms with Crippen LogP contribution in [0.5, 0.6) is 0 Å². The topological polar surface area (TPSA) is 66.5 Å². The fourth-order valence-corrected chi connectivity index (χ4v) is 4.98. The number of thioether (sulfide) groups is 1. The standard InChI is InChI=1S/C17H14ClF3N2O3S2/c1-10(24)23-6-7-27-16-5-3-12(9-15(16)23)28(25,26)22-11-2-4-14(18)13(8-11)17(19,20)21/h2-5,8-9,22H,6-7H2,1H3. The fraction of sp³-hybridized carbons (Fsp3) is 0.235. The zero-order chi connectivity index (χ0) is 20.7. The lowest BCUT2D eigenvalue weighted by atomic mass is 10.2. The third-order valence-corrected chi connectivity index (χ3v) is 6.76. The molecule has 2 aromatic rings. The van der Waals surface area contributed by atoms with E-state index in [0.717, 1.165) is 17.0 Å². The van der Waals surface area contributed by atoms with E-state index in [0.29, 0.717) is 24.1 Å². The molecule has 150 valence electrons. The van der Waals surface area contributed by atoms with Crippen molar-refractivity contribution in [2.75, 3.05) is 21.9 Å². The Morgan fingerprint density at radius 1 is 1.21 bits per heavy atom. The SMILES string of the molecule is CC(=O)N1CCSc2ccc(S(=O)(=O)Nc3ccc(Cl)c(C(F)(F)F)c3)cc21. The molecule has 1 heterocycles. The van der Waals surface area contributed by atoms with Crippen molar-refractivity contribution in [2.24, 2.45) is 0 Å². The molecule has 1 amide bonds.